The molecule has 4 N–H and O–H groups in total. The lowest BCUT2D eigenvalue weighted by Gasteiger charge is -2.11. The molecule has 0 saturated heterocycles. The Morgan fingerprint density at radius 3 is 2.94 bits per heavy atom. The second-order valence-corrected chi connectivity index (χ2v) is 4.22. The number of hydrogen-bond donors (Lipinski definition) is 3. The van der Waals surface area contributed by atoms with Gasteiger partial charge in [0.05, 0.1) is 5.56 Å². The van der Waals surface area contributed by atoms with E-state index in [1.165, 1.54) is 0 Å². The maximum absolute atomic E-state index is 12.0. The summed E-state index contributed by atoms with van der Waals surface area (Å²) in [5, 5.41) is 6.08. The van der Waals surface area contributed by atoms with Crippen molar-refractivity contribution in [2.75, 3.05) is 17.6 Å². The highest BCUT2D eigenvalue weighted by Gasteiger charge is 2.24. The van der Waals surface area contributed by atoms with E-state index in [0.717, 1.165) is 18.5 Å². The van der Waals surface area contributed by atoms with Gasteiger partial charge in [-0.15, -0.1) is 6.58 Å². The summed E-state index contributed by atoms with van der Waals surface area (Å²) >= 11 is 0. The Kier molecular flexibility index (Phi) is 3.32. The van der Waals surface area contributed by atoms with Crippen molar-refractivity contribution in [3.63, 3.8) is 0 Å². The number of amides is 1. The van der Waals surface area contributed by atoms with Crippen molar-refractivity contribution < 1.29 is 4.79 Å². The molecule has 2 rings (SSSR count). The molecule has 1 amide bonds. The molecule has 0 atom stereocenters. The molecular weight excluding hydrogens is 214 g/mol. The number of hydrogen-bond acceptors (Lipinski definition) is 3. The summed E-state index contributed by atoms with van der Waals surface area (Å²) in [4.78, 5) is 12.0. The van der Waals surface area contributed by atoms with Gasteiger partial charge in [-0.2, -0.15) is 0 Å². The number of nitrogens with one attached hydrogen (secondary N) is 2. The first-order valence-electron chi connectivity index (χ1n) is 5.76. The molecule has 0 spiro atoms. The molecule has 0 heterocycles. The van der Waals surface area contributed by atoms with Crippen LogP contribution in [0.4, 0.5) is 11.4 Å². The van der Waals surface area contributed by atoms with Crippen LogP contribution in [0.1, 0.15) is 23.2 Å². The molecule has 90 valence electrons. The van der Waals surface area contributed by atoms with Gasteiger partial charge in [0.2, 0.25) is 0 Å². The van der Waals surface area contributed by atoms with Crippen LogP contribution >= 0.6 is 0 Å². The summed E-state index contributed by atoms with van der Waals surface area (Å²) in [6, 6.07) is 5.64. The number of anilines is 2. The van der Waals surface area contributed by atoms with Crippen molar-refractivity contribution in [2.24, 2.45) is 0 Å². The highest BCUT2D eigenvalue weighted by molar-refractivity contribution is 6.00. The quantitative estimate of drug-likeness (QED) is 0.534. The zero-order chi connectivity index (χ0) is 12.3. The van der Waals surface area contributed by atoms with Gasteiger partial charge in [0.1, 0.15) is 0 Å². The summed E-state index contributed by atoms with van der Waals surface area (Å²) in [5.74, 6) is -0.0636. The Hall–Kier alpha value is -1.97. The first kappa shape index (κ1) is 11.5. The molecule has 4 nitrogen and oxygen atoms in total. The average Bonchev–Trinajstić information content (AvgIpc) is 3.11. The SMILES string of the molecule is C=CCNc1ccc(N)cc1C(=O)NC1CC1. The topological polar surface area (TPSA) is 67.1 Å². The van der Waals surface area contributed by atoms with E-state index in [4.69, 9.17) is 5.73 Å². The monoisotopic (exact) mass is 231 g/mol. The standard InChI is InChI=1S/C13H17N3O/c1-2-7-15-12-6-3-9(14)8-11(12)13(17)16-10-4-5-10/h2-3,6,8,10,15H,1,4-5,7,14H2,(H,16,17). The van der Waals surface area contributed by atoms with Crippen molar-refractivity contribution in [1.82, 2.24) is 5.32 Å². The molecule has 0 bridgehead atoms. The fourth-order valence-electron chi connectivity index (χ4n) is 1.58. The first-order valence-corrected chi connectivity index (χ1v) is 5.76. The number of benzene rings is 1. The van der Waals surface area contributed by atoms with E-state index in [1.54, 1.807) is 18.2 Å². The van der Waals surface area contributed by atoms with Gasteiger partial charge in [0, 0.05) is 24.0 Å². The summed E-state index contributed by atoms with van der Waals surface area (Å²) in [5.41, 5.74) is 7.69. The molecule has 1 aliphatic rings. The van der Waals surface area contributed by atoms with Crippen LogP contribution in [-0.2, 0) is 0 Å². The van der Waals surface area contributed by atoms with E-state index in [9.17, 15) is 4.79 Å². The molecule has 1 fully saturated rings. The molecule has 0 aromatic heterocycles. The summed E-state index contributed by atoms with van der Waals surface area (Å²) in [7, 11) is 0. The Morgan fingerprint density at radius 1 is 1.53 bits per heavy atom. The van der Waals surface area contributed by atoms with E-state index in [2.05, 4.69) is 17.2 Å². The highest BCUT2D eigenvalue weighted by atomic mass is 16.1. The van der Waals surface area contributed by atoms with Gasteiger partial charge in [-0.05, 0) is 31.0 Å². The highest BCUT2D eigenvalue weighted by Crippen LogP contribution is 2.23. The van der Waals surface area contributed by atoms with E-state index in [1.807, 2.05) is 6.07 Å². The maximum Gasteiger partial charge on any atom is 0.253 e. The van der Waals surface area contributed by atoms with Crippen LogP contribution in [0.5, 0.6) is 0 Å². The van der Waals surface area contributed by atoms with E-state index in [0.29, 0.717) is 23.8 Å². The van der Waals surface area contributed by atoms with Crippen LogP contribution < -0.4 is 16.4 Å². The molecule has 1 aromatic rings. The molecule has 1 aliphatic carbocycles. The third-order valence-corrected chi connectivity index (χ3v) is 2.64. The van der Waals surface area contributed by atoms with Crippen LogP contribution in [0.25, 0.3) is 0 Å². The average molecular weight is 231 g/mol. The van der Waals surface area contributed by atoms with Gasteiger partial charge in [-0.1, -0.05) is 6.08 Å². The largest absolute Gasteiger partial charge is 0.399 e. The predicted molar refractivity (Wildman–Crippen MR) is 70.0 cm³/mol. The van der Waals surface area contributed by atoms with Crippen molar-refractivity contribution in [3.8, 4) is 0 Å². The van der Waals surface area contributed by atoms with Gasteiger partial charge in [0.15, 0.2) is 0 Å². The van der Waals surface area contributed by atoms with Crippen molar-refractivity contribution in [2.45, 2.75) is 18.9 Å². The van der Waals surface area contributed by atoms with Crippen LogP contribution in [0.2, 0.25) is 0 Å². The third-order valence-electron chi connectivity index (χ3n) is 2.64. The van der Waals surface area contributed by atoms with Gasteiger partial charge >= 0.3 is 0 Å². The molecule has 0 aliphatic heterocycles. The zero-order valence-electron chi connectivity index (χ0n) is 9.70. The number of rotatable bonds is 5. The summed E-state index contributed by atoms with van der Waals surface area (Å²) in [6.45, 7) is 4.26. The van der Waals surface area contributed by atoms with Crippen molar-refractivity contribution in [1.29, 1.82) is 0 Å². The Balaban J connectivity index is 2.18. The summed E-state index contributed by atoms with van der Waals surface area (Å²) < 4.78 is 0. The third kappa shape index (κ3) is 3.00. The Bertz CT molecular complexity index is 438. The van der Waals surface area contributed by atoms with Crippen LogP contribution in [0.3, 0.4) is 0 Å². The van der Waals surface area contributed by atoms with E-state index >= 15 is 0 Å². The van der Waals surface area contributed by atoms with Crippen LogP contribution in [0.15, 0.2) is 30.9 Å². The van der Waals surface area contributed by atoms with Gasteiger partial charge < -0.3 is 16.4 Å². The van der Waals surface area contributed by atoms with Crippen molar-refractivity contribution in [3.05, 3.63) is 36.4 Å². The van der Waals surface area contributed by atoms with E-state index in [-0.39, 0.29) is 5.91 Å². The lowest BCUT2D eigenvalue weighted by atomic mass is 10.1. The summed E-state index contributed by atoms with van der Waals surface area (Å²) in [6.07, 6.45) is 3.89. The fourth-order valence-corrected chi connectivity index (χ4v) is 1.58. The minimum atomic E-state index is -0.0636. The number of carbonyl (C=O) groups excluding carboxylic acids is 1. The molecule has 1 saturated carbocycles. The smallest absolute Gasteiger partial charge is 0.253 e. The molecule has 17 heavy (non-hydrogen) atoms. The molecular formula is C13H17N3O. The second-order valence-electron chi connectivity index (χ2n) is 4.22. The van der Waals surface area contributed by atoms with Gasteiger partial charge in [-0.25, -0.2) is 0 Å². The predicted octanol–water partition coefficient (Wildman–Crippen LogP) is 1.76. The van der Waals surface area contributed by atoms with E-state index < -0.39 is 0 Å². The molecule has 1 aromatic carbocycles. The lowest BCUT2D eigenvalue weighted by Crippen LogP contribution is -2.26. The molecule has 0 radical (unpaired) electrons. The Labute approximate surface area is 101 Å². The van der Waals surface area contributed by atoms with Crippen LogP contribution in [-0.4, -0.2) is 18.5 Å². The molecule has 4 heteroatoms. The number of carbonyl (C=O) groups is 1. The minimum absolute atomic E-state index is 0.0636. The zero-order valence-corrected chi connectivity index (χ0v) is 9.70. The lowest BCUT2D eigenvalue weighted by molar-refractivity contribution is 0.0952. The molecule has 0 unspecified atom stereocenters. The minimum Gasteiger partial charge on any atom is -0.399 e. The second kappa shape index (κ2) is 4.91. The fraction of sp³-hybridized carbons (Fsp3) is 0.308. The Morgan fingerprint density at radius 2 is 2.29 bits per heavy atom. The first-order chi connectivity index (χ1) is 8.20. The number of nitrogens with two attached hydrogens (primary N) is 1. The van der Waals surface area contributed by atoms with Gasteiger partial charge in [0.25, 0.3) is 5.91 Å². The van der Waals surface area contributed by atoms with Gasteiger partial charge in [-0.3, -0.25) is 4.79 Å². The number of nitrogen functional groups attached to an aromatic ring is 1. The van der Waals surface area contributed by atoms with Crippen molar-refractivity contribution >= 4 is 17.3 Å². The van der Waals surface area contributed by atoms with Crippen LogP contribution in [0, 0.1) is 0 Å². The normalized spacial score (nSPS) is 14.1. The maximum atomic E-state index is 12.0.